The first-order valence-electron chi connectivity index (χ1n) is 6.25. The minimum absolute atomic E-state index is 0.0644. The third-order valence-corrected chi connectivity index (χ3v) is 3.46. The fourth-order valence-corrected chi connectivity index (χ4v) is 2.54. The highest BCUT2D eigenvalue weighted by molar-refractivity contribution is 5.94. The summed E-state index contributed by atoms with van der Waals surface area (Å²) in [5, 5.41) is 3.08. The first kappa shape index (κ1) is 11.1. The van der Waals surface area contributed by atoms with Crippen LogP contribution in [0.5, 0.6) is 0 Å². The molecule has 1 N–H and O–H groups in total. The number of fused-ring (bicyclic) bond motifs is 1. The summed E-state index contributed by atoms with van der Waals surface area (Å²) < 4.78 is 4.93. The second-order valence-corrected chi connectivity index (χ2v) is 4.63. The molecular formula is C15H15NO2. The molecule has 0 saturated heterocycles. The predicted molar refractivity (Wildman–Crippen MR) is 68.3 cm³/mol. The molecule has 1 amide bonds. The van der Waals surface area contributed by atoms with E-state index < -0.39 is 0 Å². The van der Waals surface area contributed by atoms with Crippen molar-refractivity contribution >= 4 is 5.91 Å². The lowest BCUT2D eigenvalue weighted by molar-refractivity contribution is 0.0932. The number of hydrogen-bond donors (Lipinski definition) is 1. The van der Waals surface area contributed by atoms with Gasteiger partial charge in [0.05, 0.1) is 17.9 Å². The van der Waals surface area contributed by atoms with E-state index in [4.69, 9.17) is 4.42 Å². The fourth-order valence-electron chi connectivity index (χ4n) is 2.54. The first-order chi connectivity index (χ1) is 8.84. The summed E-state index contributed by atoms with van der Waals surface area (Å²) in [6.07, 6.45) is 6.22. The van der Waals surface area contributed by atoms with Gasteiger partial charge in [0.1, 0.15) is 6.26 Å². The van der Waals surface area contributed by atoms with E-state index in [1.807, 2.05) is 6.07 Å². The molecule has 1 heterocycles. The maximum absolute atomic E-state index is 12.0. The van der Waals surface area contributed by atoms with Crippen LogP contribution in [0.2, 0.25) is 0 Å². The molecule has 1 atom stereocenters. The van der Waals surface area contributed by atoms with Crippen molar-refractivity contribution in [3.63, 3.8) is 0 Å². The SMILES string of the molecule is O=C(N[C@@H]1CCCc2ccccc21)c1ccoc1. The van der Waals surface area contributed by atoms with Crippen LogP contribution in [0.15, 0.2) is 47.3 Å². The monoisotopic (exact) mass is 241 g/mol. The van der Waals surface area contributed by atoms with Gasteiger partial charge in [0.15, 0.2) is 0 Å². The highest BCUT2D eigenvalue weighted by Gasteiger charge is 2.21. The van der Waals surface area contributed by atoms with E-state index in [9.17, 15) is 4.79 Å². The molecule has 0 saturated carbocycles. The van der Waals surface area contributed by atoms with Gasteiger partial charge in [0.25, 0.3) is 5.91 Å². The van der Waals surface area contributed by atoms with Gasteiger partial charge in [-0.25, -0.2) is 0 Å². The molecular weight excluding hydrogens is 226 g/mol. The summed E-state index contributed by atoms with van der Waals surface area (Å²) in [5.74, 6) is -0.0644. The first-order valence-corrected chi connectivity index (χ1v) is 6.25. The van der Waals surface area contributed by atoms with E-state index in [-0.39, 0.29) is 11.9 Å². The quantitative estimate of drug-likeness (QED) is 0.877. The zero-order valence-corrected chi connectivity index (χ0v) is 10.1. The molecule has 92 valence electrons. The number of nitrogens with one attached hydrogen (secondary N) is 1. The molecule has 2 aromatic rings. The Bertz CT molecular complexity index is 545. The van der Waals surface area contributed by atoms with Crippen molar-refractivity contribution in [3.8, 4) is 0 Å². The Balaban J connectivity index is 1.80. The van der Waals surface area contributed by atoms with Crippen molar-refractivity contribution in [1.29, 1.82) is 0 Å². The molecule has 0 bridgehead atoms. The average Bonchev–Trinajstić information content (AvgIpc) is 2.93. The summed E-state index contributed by atoms with van der Waals surface area (Å²) in [6.45, 7) is 0. The van der Waals surface area contributed by atoms with Crippen LogP contribution in [-0.4, -0.2) is 5.91 Å². The Morgan fingerprint density at radius 3 is 3.00 bits per heavy atom. The van der Waals surface area contributed by atoms with Gasteiger partial charge in [-0.05, 0) is 36.5 Å². The predicted octanol–water partition coefficient (Wildman–Crippen LogP) is 3.09. The van der Waals surface area contributed by atoms with Gasteiger partial charge in [-0.3, -0.25) is 4.79 Å². The highest BCUT2D eigenvalue weighted by atomic mass is 16.3. The molecule has 3 nitrogen and oxygen atoms in total. The van der Waals surface area contributed by atoms with Crippen molar-refractivity contribution in [3.05, 3.63) is 59.5 Å². The van der Waals surface area contributed by atoms with Gasteiger partial charge in [-0.15, -0.1) is 0 Å². The van der Waals surface area contributed by atoms with E-state index in [2.05, 4.69) is 23.5 Å². The van der Waals surface area contributed by atoms with E-state index in [0.29, 0.717) is 5.56 Å². The number of amides is 1. The van der Waals surface area contributed by atoms with Crippen LogP contribution < -0.4 is 5.32 Å². The van der Waals surface area contributed by atoms with E-state index in [1.54, 1.807) is 6.07 Å². The Morgan fingerprint density at radius 2 is 2.17 bits per heavy atom. The van der Waals surface area contributed by atoms with Crippen molar-refractivity contribution in [2.75, 3.05) is 0 Å². The normalized spacial score (nSPS) is 18.1. The number of furan rings is 1. The molecule has 0 radical (unpaired) electrons. The topological polar surface area (TPSA) is 42.2 Å². The zero-order valence-electron chi connectivity index (χ0n) is 10.1. The van der Waals surface area contributed by atoms with Gasteiger partial charge >= 0.3 is 0 Å². The van der Waals surface area contributed by atoms with Gasteiger partial charge in [-0.1, -0.05) is 24.3 Å². The van der Waals surface area contributed by atoms with Crippen LogP contribution in [0.4, 0.5) is 0 Å². The molecule has 1 aliphatic rings. The number of benzene rings is 1. The number of aryl methyl sites for hydroxylation is 1. The Hall–Kier alpha value is -2.03. The summed E-state index contributed by atoms with van der Waals surface area (Å²) in [5.41, 5.74) is 3.18. The third-order valence-electron chi connectivity index (χ3n) is 3.46. The molecule has 0 spiro atoms. The van der Waals surface area contributed by atoms with Crippen molar-refractivity contribution < 1.29 is 9.21 Å². The van der Waals surface area contributed by atoms with Crippen LogP contribution in [0, 0.1) is 0 Å². The molecule has 18 heavy (non-hydrogen) atoms. The standard InChI is InChI=1S/C15H15NO2/c17-15(12-8-9-18-10-12)16-14-7-3-5-11-4-1-2-6-13(11)14/h1-2,4,6,8-10,14H,3,5,7H2,(H,16,17)/t14-/m1/s1. The molecule has 1 aliphatic carbocycles. The number of rotatable bonds is 2. The minimum Gasteiger partial charge on any atom is -0.472 e. The lowest BCUT2D eigenvalue weighted by atomic mass is 9.87. The van der Waals surface area contributed by atoms with E-state index >= 15 is 0 Å². The molecule has 3 rings (SSSR count). The molecule has 3 heteroatoms. The van der Waals surface area contributed by atoms with Crippen molar-refractivity contribution in [2.45, 2.75) is 25.3 Å². The molecule has 1 aromatic carbocycles. The average molecular weight is 241 g/mol. The Morgan fingerprint density at radius 1 is 1.28 bits per heavy atom. The van der Waals surface area contributed by atoms with Gasteiger partial charge in [0.2, 0.25) is 0 Å². The lowest BCUT2D eigenvalue weighted by Crippen LogP contribution is -2.30. The van der Waals surface area contributed by atoms with Crippen molar-refractivity contribution in [1.82, 2.24) is 5.32 Å². The van der Waals surface area contributed by atoms with E-state index in [1.165, 1.54) is 23.7 Å². The van der Waals surface area contributed by atoms with Gasteiger partial charge < -0.3 is 9.73 Å². The second kappa shape index (κ2) is 4.69. The number of carbonyl (C=O) groups excluding carboxylic acids is 1. The van der Waals surface area contributed by atoms with Crippen molar-refractivity contribution in [2.24, 2.45) is 0 Å². The summed E-state index contributed by atoms with van der Waals surface area (Å²) in [6, 6.07) is 10.1. The Labute approximate surface area is 106 Å². The highest BCUT2D eigenvalue weighted by Crippen LogP contribution is 2.29. The van der Waals surface area contributed by atoms with Crippen LogP contribution in [-0.2, 0) is 6.42 Å². The summed E-state index contributed by atoms with van der Waals surface area (Å²) >= 11 is 0. The van der Waals surface area contributed by atoms with Gasteiger partial charge in [-0.2, -0.15) is 0 Å². The molecule has 0 unspecified atom stereocenters. The molecule has 0 fully saturated rings. The maximum Gasteiger partial charge on any atom is 0.255 e. The van der Waals surface area contributed by atoms with Crippen LogP contribution in [0.3, 0.4) is 0 Å². The van der Waals surface area contributed by atoms with Crippen LogP contribution in [0.1, 0.15) is 40.4 Å². The lowest BCUT2D eigenvalue weighted by Gasteiger charge is -2.26. The van der Waals surface area contributed by atoms with Crippen LogP contribution >= 0.6 is 0 Å². The number of carbonyl (C=O) groups is 1. The fraction of sp³-hybridized carbons (Fsp3) is 0.267. The Kier molecular flexibility index (Phi) is 2.89. The third kappa shape index (κ3) is 2.04. The zero-order chi connectivity index (χ0) is 12.4. The maximum atomic E-state index is 12.0. The summed E-state index contributed by atoms with van der Waals surface area (Å²) in [7, 11) is 0. The largest absolute Gasteiger partial charge is 0.472 e. The van der Waals surface area contributed by atoms with E-state index in [0.717, 1.165) is 19.3 Å². The number of hydrogen-bond acceptors (Lipinski definition) is 2. The molecule has 1 aromatic heterocycles. The minimum atomic E-state index is -0.0644. The second-order valence-electron chi connectivity index (χ2n) is 4.63. The molecule has 0 aliphatic heterocycles. The smallest absolute Gasteiger partial charge is 0.255 e. The summed E-state index contributed by atoms with van der Waals surface area (Å²) in [4.78, 5) is 12.0. The van der Waals surface area contributed by atoms with Crippen LogP contribution in [0.25, 0.3) is 0 Å². The van der Waals surface area contributed by atoms with Gasteiger partial charge in [0, 0.05) is 0 Å².